The molecule has 0 bridgehead atoms. The molecule has 1 rings (SSSR count). The highest BCUT2D eigenvalue weighted by atomic mass is 16.5. The summed E-state index contributed by atoms with van der Waals surface area (Å²) in [5, 5.41) is 3.31. The molecule has 1 aromatic rings. The van der Waals surface area contributed by atoms with Gasteiger partial charge in [0.05, 0.1) is 6.61 Å². The van der Waals surface area contributed by atoms with Gasteiger partial charge in [0.2, 0.25) is 0 Å². The summed E-state index contributed by atoms with van der Waals surface area (Å²) in [7, 11) is 1.98. The van der Waals surface area contributed by atoms with Crippen molar-refractivity contribution in [3.8, 4) is 5.75 Å². The molecule has 0 saturated carbocycles. The van der Waals surface area contributed by atoms with Crippen LogP contribution in [-0.2, 0) is 4.74 Å². The smallest absolute Gasteiger partial charge is 0.119 e. The van der Waals surface area contributed by atoms with E-state index in [9.17, 15) is 0 Å². The summed E-state index contributed by atoms with van der Waals surface area (Å²) in [6.07, 6.45) is 0.972. The van der Waals surface area contributed by atoms with Crippen molar-refractivity contribution in [1.82, 2.24) is 5.32 Å². The molecular formula is C14H23NO2. The standard InChI is InChI=1S/C14H23NO2/c1-4-16-10-9-14(15-3)12-7-6-8-13(11-12)17-5-2/h6-8,11,14-15H,4-5,9-10H2,1-3H3. The SMILES string of the molecule is CCOCCC(NC)c1cccc(OCC)c1. The van der Waals surface area contributed by atoms with Gasteiger partial charge in [-0.1, -0.05) is 12.1 Å². The van der Waals surface area contributed by atoms with Crippen molar-refractivity contribution in [1.29, 1.82) is 0 Å². The minimum absolute atomic E-state index is 0.321. The molecule has 0 radical (unpaired) electrons. The highest BCUT2D eigenvalue weighted by Gasteiger charge is 2.09. The first-order valence-corrected chi connectivity index (χ1v) is 6.29. The molecule has 0 aliphatic carbocycles. The third kappa shape index (κ3) is 4.75. The fraction of sp³-hybridized carbons (Fsp3) is 0.571. The van der Waals surface area contributed by atoms with Crippen LogP contribution in [0.25, 0.3) is 0 Å². The van der Waals surface area contributed by atoms with Gasteiger partial charge in [-0.15, -0.1) is 0 Å². The van der Waals surface area contributed by atoms with Crippen molar-refractivity contribution in [2.45, 2.75) is 26.3 Å². The van der Waals surface area contributed by atoms with Gasteiger partial charge in [0.1, 0.15) is 5.75 Å². The zero-order chi connectivity index (χ0) is 12.5. The van der Waals surface area contributed by atoms with E-state index in [0.29, 0.717) is 12.6 Å². The van der Waals surface area contributed by atoms with E-state index in [4.69, 9.17) is 9.47 Å². The summed E-state index contributed by atoms with van der Waals surface area (Å²) in [4.78, 5) is 0. The van der Waals surface area contributed by atoms with Crippen LogP contribution in [0.15, 0.2) is 24.3 Å². The average Bonchev–Trinajstić information content (AvgIpc) is 2.35. The zero-order valence-electron chi connectivity index (χ0n) is 11.0. The quantitative estimate of drug-likeness (QED) is 0.705. The summed E-state index contributed by atoms with van der Waals surface area (Å²) < 4.78 is 10.9. The second-order valence-corrected chi connectivity index (χ2v) is 3.83. The molecule has 0 spiro atoms. The third-order valence-electron chi connectivity index (χ3n) is 2.67. The van der Waals surface area contributed by atoms with Crippen LogP contribution in [0.2, 0.25) is 0 Å². The monoisotopic (exact) mass is 237 g/mol. The molecular weight excluding hydrogens is 214 g/mol. The van der Waals surface area contributed by atoms with Crippen LogP contribution in [0.1, 0.15) is 31.9 Å². The van der Waals surface area contributed by atoms with Crippen LogP contribution in [0, 0.1) is 0 Å². The highest BCUT2D eigenvalue weighted by molar-refractivity contribution is 5.30. The summed E-state index contributed by atoms with van der Waals surface area (Å²) in [5.74, 6) is 0.932. The lowest BCUT2D eigenvalue weighted by Gasteiger charge is -2.17. The van der Waals surface area contributed by atoms with E-state index in [1.165, 1.54) is 5.56 Å². The van der Waals surface area contributed by atoms with Crippen LogP contribution in [0.3, 0.4) is 0 Å². The minimum atomic E-state index is 0.321. The fourth-order valence-electron chi connectivity index (χ4n) is 1.81. The Labute approximate surface area is 104 Å². The first-order chi connectivity index (χ1) is 8.31. The number of hydrogen-bond acceptors (Lipinski definition) is 3. The van der Waals surface area contributed by atoms with Crippen LogP contribution in [-0.4, -0.2) is 26.9 Å². The maximum absolute atomic E-state index is 5.51. The predicted molar refractivity (Wildman–Crippen MR) is 70.5 cm³/mol. The molecule has 3 nitrogen and oxygen atoms in total. The molecule has 0 fully saturated rings. The van der Waals surface area contributed by atoms with Gasteiger partial charge < -0.3 is 14.8 Å². The summed E-state index contributed by atoms with van der Waals surface area (Å²) in [6.45, 7) is 6.27. The Balaban J connectivity index is 2.63. The number of hydrogen-bond donors (Lipinski definition) is 1. The molecule has 0 saturated heterocycles. The van der Waals surface area contributed by atoms with Crippen molar-refractivity contribution < 1.29 is 9.47 Å². The normalized spacial score (nSPS) is 12.4. The van der Waals surface area contributed by atoms with E-state index < -0.39 is 0 Å². The molecule has 1 unspecified atom stereocenters. The molecule has 0 aromatic heterocycles. The fourth-order valence-corrected chi connectivity index (χ4v) is 1.81. The maximum Gasteiger partial charge on any atom is 0.119 e. The van der Waals surface area contributed by atoms with Crippen LogP contribution in [0.4, 0.5) is 0 Å². The average molecular weight is 237 g/mol. The van der Waals surface area contributed by atoms with Gasteiger partial charge in [-0.2, -0.15) is 0 Å². The Morgan fingerprint density at radius 3 is 2.71 bits per heavy atom. The minimum Gasteiger partial charge on any atom is -0.494 e. The highest BCUT2D eigenvalue weighted by Crippen LogP contribution is 2.21. The van der Waals surface area contributed by atoms with Crippen molar-refractivity contribution in [2.24, 2.45) is 0 Å². The van der Waals surface area contributed by atoms with Gasteiger partial charge in [0.15, 0.2) is 0 Å². The van der Waals surface area contributed by atoms with E-state index >= 15 is 0 Å². The Morgan fingerprint density at radius 2 is 2.06 bits per heavy atom. The molecule has 1 N–H and O–H groups in total. The Kier molecular flexibility index (Phi) is 6.67. The van der Waals surface area contributed by atoms with Crippen LogP contribution < -0.4 is 10.1 Å². The van der Waals surface area contributed by atoms with Crippen molar-refractivity contribution in [2.75, 3.05) is 26.9 Å². The van der Waals surface area contributed by atoms with Gasteiger partial charge in [-0.3, -0.25) is 0 Å². The van der Waals surface area contributed by atoms with E-state index in [2.05, 4.69) is 17.4 Å². The lowest BCUT2D eigenvalue weighted by molar-refractivity contribution is 0.137. The summed E-state index contributed by atoms with van der Waals surface area (Å²) >= 11 is 0. The lowest BCUT2D eigenvalue weighted by atomic mass is 10.0. The number of ether oxygens (including phenoxy) is 2. The Morgan fingerprint density at radius 1 is 1.24 bits per heavy atom. The molecule has 0 aliphatic rings. The Hall–Kier alpha value is -1.06. The Bertz CT molecular complexity index is 315. The van der Waals surface area contributed by atoms with Crippen molar-refractivity contribution >= 4 is 0 Å². The lowest BCUT2D eigenvalue weighted by Crippen LogP contribution is -2.18. The molecule has 0 amide bonds. The molecule has 1 aromatic carbocycles. The second-order valence-electron chi connectivity index (χ2n) is 3.83. The third-order valence-corrected chi connectivity index (χ3v) is 2.67. The molecule has 0 aliphatic heterocycles. The van der Waals surface area contributed by atoms with Gasteiger partial charge in [0.25, 0.3) is 0 Å². The van der Waals surface area contributed by atoms with Crippen LogP contribution >= 0.6 is 0 Å². The summed E-state index contributed by atoms with van der Waals surface area (Å²) in [5.41, 5.74) is 1.25. The zero-order valence-corrected chi connectivity index (χ0v) is 11.0. The maximum atomic E-state index is 5.51. The number of benzene rings is 1. The molecule has 3 heteroatoms. The summed E-state index contributed by atoms with van der Waals surface area (Å²) in [6, 6.07) is 8.56. The molecule has 1 atom stereocenters. The number of rotatable bonds is 8. The van der Waals surface area contributed by atoms with E-state index in [1.807, 2.05) is 33.0 Å². The van der Waals surface area contributed by atoms with Gasteiger partial charge in [-0.25, -0.2) is 0 Å². The van der Waals surface area contributed by atoms with E-state index in [0.717, 1.165) is 25.4 Å². The first kappa shape index (κ1) is 14.0. The van der Waals surface area contributed by atoms with Gasteiger partial charge in [-0.05, 0) is 45.0 Å². The van der Waals surface area contributed by atoms with Gasteiger partial charge >= 0.3 is 0 Å². The van der Waals surface area contributed by atoms with Crippen molar-refractivity contribution in [3.05, 3.63) is 29.8 Å². The second kappa shape index (κ2) is 8.09. The topological polar surface area (TPSA) is 30.5 Å². The van der Waals surface area contributed by atoms with E-state index in [-0.39, 0.29) is 0 Å². The van der Waals surface area contributed by atoms with Gasteiger partial charge in [0, 0.05) is 19.3 Å². The van der Waals surface area contributed by atoms with E-state index in [1.54, 1.807) is 0 Å². The predicted octanol–water partition coefficient (Wildman–Crippen LogP) is 2.77. The number of nitrogens with one attached hydrogen (secondary N) is 1. The largest absolute Gasteiger partial charge is 0.494 e. The van der Waals surface area contributed by atoms with Crippen molar-refractivity contribution in [3.63, 3.8) is 0 Å². The molecule has 0 heterocycles. The van der Waals surface area contributed by atoms with Crippen LogP contribution in [0.5, 0.6) is 5.75 Å². The molecule has 96 valence electrons. The first-order valence-electron chi connectivity index (χ1n) is 6.29. The molecule has 17 heavy (non-hydrogen) atoms.